The number of hydrogen-bond acceptors (Lipinski definition) is 1. The van der Waals surface area contributed by atoms with Gasteiger partial charge in [0, 0.05) is 6.07 Å². The second-order valence-corrected chi connectivity index (χ2v) is 2.80. The molecular formula is C10H10N. The van der Waals surface area contributed by atoms with Crippen LogP contribution in [0.2, 0.25) is 0 Å². The number of benzene rings is 1. The van der Waals surface area contributed by atoms with Gasteiger partial charge in [-0.25, -0.2) is 0 Å². The molecule has 55 valence electrons. The Labute approximate surface area is 67.3 Å². The van der Waals surface area contributed by atoms with Crippen LogP contribution in [0, 0.1) is 17.4 Å². The van der Waals surface area contributed by atoms with Crippen LogP contribution in [-0.2, 0) is 0 Å². The smallest absolute Gasteiger partial charge is 0.0998 e. The minimum absolute atomic E-state index is 0.483. The van der Waals surface area contributed by atoms with Gasteiger partial charge in [0.15, 0.2) is 0 Å². The standard InChI is InChI=1S/C10H10N/c1-8(2)10-5-3-4-9(6-10)7-11/h3,5-6,8H,1-2H3. The molecule has 0 aromatic heterocycles. The van der Waals surface area contributed by atoms with Crippen LogP contribution < -0.4 is 0 Å². The Morgan fingerprint density at radius 3 is 2.82 bits per heavy atom. The Hall–Kier alpha value is -1.29. The van der Waals surface area contributed by atoms with Gasteiger partial charge < -0.3 is 0 Å². The van der Waals surface area contributed by atoms with Gasteiger partial charge in [-0.1, -0.05) is 26.0 Å². The monoisotopic (exact) mass is 144 g/mol. The number of hydrogen-bond donors (Lipinski definition) is 0. The molecule has 1 radical (unpaired) electrons. The van der Waals surface area contributed by atoms with Gasteiger partial charge in [0.2, 0.25) is 0 Å². The molecule has 0 unspecified atom stereocenters. The lowest BCUT2D eigenvalue weighted by Gasteiger charge is -2.03. The quantitative estimate of drug-likeness (QED) is 0.594. The second-order valence-electron chi connectivity index (χ2n) is 2.80. The summed E-state index contributed by atoms with van der Waals surface area (Å²) in [4.78, 5) is 0. The van der Waals surface area contributed by atoms with E-state index in [4.69, 9.17) is 5.26 Å². The van der Waals surface area contributed by atoms with E-state index in [1.807, 2.05) is 12.1 Å². The molecular weight excluding hydrogens is 134 g/mol. The maximum absolute atomic E-state index is 8.56. The zero-order valence-electron chi connectivity index (χ0n) is 6.76. The molecule has 1 aromatic rings. The summed E-state index contributed by atoms with van der Waals surface area (Å²) in [7, 11) is 0. The third-order valence-electron chi connectivity index (χ3n) is 1.61. The molecule has 0 atom stereocenters. The first kappa shape index (κ1) is 7.81. The Morgan fingerprint density at radius 1 is 1.55 bits per heavy atom. The lowest BCUT2D eigenvalue weighted by molar-refractivity contribution is 0.866. The van der Waals surface area contributed by atoms with Crippen LogP contribution in [-0.4, -0.2) is 0 Å². The topological polar surface area (TPSA) is 23.8 Å². The fraction of sp³-hybridized carbons (Fsp3) is 0.300. The lowest BCUT2D eigenvalue weighted by Crippen LogP contribution is -1.87. The van der Waals surface area contributed by atoms with E-state index >= 15 is 0 Å². The molecule has 0 N–H and O–H groups in total. The van der Waals surface area contributed by atoms with E-state index in [2.05, 4.69) is 26.0 Å². The van der Waals surface area contributed by atoms with E-state index in [-0.39, 0.29) is 0 Å². The first-order valence-corrected chi connectivity index (χ1v) is 3.66. The van der Waals surface area contributed by atoms with Crippen LogP contribution in [0.1, 0.15) is 30.9 Å². The lowest BCUT2D eigenvalue weighted by atomic mass is 10.0. The minimum atomic E-state index is 0.483. The number of nitriles is 1. The molecule has 0 fully saturated rings. The summed E-state index contributed by atoms with van der Waals surface area (Å²) in [5.74, 6) is 0.483. The molecule has 0 saturated carbocycles. The van der Waals surface area contributed by atoms with Gasteiger partial charge in [-0.05, 0) is 17.5 Å². The van der Waals surface area contributed by atoms with Crippen molar-refractivity contribution in [3.63, 3.8) is 0 Å². The van der Waals surface area contributed by atoms with Gasteiger partial charge in [0.1, 0.15) is 0 Å². The third-order valence-corrected chi connectivity index (χ3v) is 1.61. The van der Waals surface area contributed by atoms with Gasteiger partial charge in [0.25, 0.3) is 0 Å². The molecule has 0 aliphatic rings. The molecule has 0 aliphatic carbocycles. The van der Waals surface area contributed by atoms with Gasteiger partial charge in [0.05, 0.1) is 11.6 Å². The molecule has 11 heavy (non-hydrogen) atoms. The second kappa shape index (κ2) is 3.21. The predicted octanol–water partition coefficient (Wildman–Crippen LogP) is 2.48. The summed E-state index contributed by atoms with van der Waals surface area (Å²) in [6.45, 7) is 4.22. The van der Waals surface area contributed by atoms with Crippen molar-refractivity contribution in [2.75, 3.05) is 0 Å². The largest absolute Gasteiger partial charge is 0.192 e. The van der Waals surface area contributed by atoms with Crippen LogP contribution >= 0.6 is 0 Å². The van der Waals surface area contributed by atoms with E-state index in [1.54, 1.807) is 6.07 Å². The first-order valence-electron chi connectivity index (χ1n) is 3.66. The van der Waals surface area contributed by atoms with E-state index in [1.165, 1.54) is 5.56 Å². The van der Waals surface area contributed by atoms with Crippen LogP contribution in [0.4, 0.5) is 0 Å². The molecule has 0 saturated heterocycles. The summed E-state index contributed by atoms with van der Waals surface area (Å²) in [5.41, 5.74) is 1.82. The van der Waals surface area contributed by atoms with E-state index in [9.17, 15) is 0 Å². The minimum Gasteiger partial charge on any atom is -0.192 e. The zero-order valence-corrected chi connectivity index (χ0v) is 6.76. The average Bonchev–Trinajstić information content (AvgIpc) is 2.05. The summed E-state index contributed by atoms with van der Waals surface area (Å²) >= 11 is 0. The van der Waals surface area contributed by atoms with Crippen LogP contribution in [0.5, 0.6) is 0 Å². The van der Waals surface area contributed by atoms with Crippen molar-refractivity contribution in [2.24, 2.45) is 0 Å². The highest BCUT2D eigenvalue weighted by molar-refractivity contribution is 5.32. The van der Waals surface area contributed by atoms with Crippen LogP contribution in [0.15, 0.2) is 18.2 Å². The van der Waals surface area contributed by atoms with Crippen molar-refractivity contribution >= 4 is 0 Å². The third kappa shape index (κ3) is 1.81. The highest BCUT2D eigenvalue weighted by atomic mass is 14.2. The number of rotatable bonds is 1. The normalized spacial score (nSPS) is 9.64. The summed E-state index contributed by atoms with van der Waals surface area (Å²) < 4.78 is 0. The van der Waals surface area contributed by atoms with E-state index in [0.29, 0.717) is 11.5 Å². The maximum Gasteiger partial charge on any atom is 0.0998 e. The predicted molar refractivity (Wildman–Crippen MR) is 44.1 cm³/mol. The zero-order chi connectivity index (χ0) is 8.27. The van der Waals surface area contributed by atoms with Crippen molar-refractivity contribution in [1.29, 1.82) is 5.26 Å². The molecule has 1 heteroatoms. The van der Waals surface area contributed by atoms with Crippen molar-refractivity contribution < 1.29 is 0 Å². The Kier molecular flexibility index (Phi) is 2.28. The van der Waals surface area contributed by atoms with Gasteiger partial charge in [-0.3, -0.25) is 0 Å². The van der Waals surface area contributed by atoms with Crippen molar-refractivity contribution in [2.45, 2.75) is 19.8 Å². The SMILES string of the molecule is CC(C)c1cc[c]c(C#N)c1. The van der Waals surface area contributed by atoms with Crippen molar-refractivity contribution in [1.82, 2.24) is 0 Å². The van der Waals surface area contributed by atoms with Gasteiger partial charge in [-0.2, -0.15) is 5.26 Å². The molecule has 1 aromatic carbocycles. The summed E-state index contributed by atoms with van der Waals surface area (Å²) in [6.07, 6.45) is 0. The molecule has 0 heterocycles. The van der Waals surface area contributed by atoms with Crippen LogP contribution in [0.25, 0.3) is 0 Å². The molecule has 1 rings (SSSR count). The van der Waals surface area contributed by atoms with Gasteiger partial charge >= 0.3 is 0 Å². The highest BCUT2D eigenvalue weighted by Crippen LogP contribution is 2.14. The Morgan fingerprint density at radius 2 is 2.27 bits per heavy atom. The highest BCUT2D eigenvalue weighted by Gasteiger charge is 1.98. The summed E-state index contributed by atoms with van der Waals surface area (Å²) in [5, 5.41) is 8.56. The summed E-state index contributed by atoms with van der Waals surface area (Å²) in [6, 6.07) is 10.6. The number of nitrogens with zero attached hydrogens (tertiary/aromatic N) is 1. The van der Waals surface area contributed by atoms with Gasteiger partial charge in [-0.15, -0.1) is 0 Å². The molecule has 0 aliphatic heterocycles. The molecule has 0 bridgehead atoms. The fourth-order valence-corrected chi connectivity index (χ4v) is 0.908. The molecule has 0 spiro atoms. The average molecular weight is 144 g/mol. The maximum atomic E-state index is 8.56. The van der Waals surface area contributed by atoms with E-state index in [0.717, 1.165) is 0 Å². The Balaban J connectivity index is 3.03. The van der Waals surface area contributed by atoms with Crippen LogP contribution in [0.3, 0.4) is 0 Å². The van der Waals surface area contributed by atoms with E-state index < -0.39 is 0 Å². The molecule has 0 amide bonds. The fourth-order valence-electron chi connectivity index (χ4n) is 0.908. The van der Waals surface area contributed by atoms with Crippen molar-refractivity contribution in [3.05, 3.63) is 35.4 Å². The molecule has 1 nitrogen and oxygen atoms in total. The first-order chi connectivity index (χ1) is 5.24. The Bertz CT molecular complexity index is 281. The van der Waals surface area contributed by atoms with Crippen molar-refractivity contribution in [3.8, 4) is 6.07 Å².